The molecule has 1 aliphatic heterocycles. The van der Waals surface area contributed by atoms with E-state index in [-0.39, 0.29) is 28.7 Å². The lowest BCUT2D eigenvalue weighted by Gasteiger charge is -2.16. The van der Waals surface area contributed by atoms with Crippen molar-refractivity contribution in [1.82, 2.24) is 20.1 Å². The molecule has 132 valence electrons. The van der Waals surface area contributed by atoms with Gasteiger partial charge in [0.15, 0.2) is 15.0 Å². The third-order valence-electron chi connectivity index (χ3n) is 4.78. The number of amides is 1. The van der Waals surface area contributed by atoms with Crippen molar-refractivity contribution in [3.8, 4) is 0 Å². The highest BCUT2D eigenvalue weighted by Gasteiger charge is 2.37. The van der Waals surface area contributed by atoms with E-state index >= 15 is 0 Å². The maximum Gasteiger partial charge on any atom is 0.233 e. The Kier molecular flexibility index (Phi) is 4.11. The second-order valence-corrected chi connectivity index (χ2v) is 10.6. The van der Waals surface area contributed by atoms with Crippen molar-refractivity contribution in [3.63, 3.8) is 0 Å². The molecule has 1 N–H and O–H groups in total. The van der Waals surface area contributed by atoms with Gasteiger partial charge in [-0.25, -0.2) is 8.42 Å². The number of nitrogens with zero attached hydrogens (tertiary/aromatic N) is 3. The molecule has 0 bridgehead atoms. The Morgan fingerprint density at radius 1 is 1.25 bits per heavy atom. The van der Waals surface area contributed by atoms with Gasteiger partial charge in [0.25, 0.3) is 0 Å². The normalized spacial score (nSPS) is 27.1. The molecule has 1 aromatic heterocycles. The summed E-state index contributed by atoms with van der Waals surface area (Å²) in [6.07, 6.45) is 5.19. The zero-order chi connectivity index (χ0) is 16.9. The van der Waals surface area contributed by atoms with Crippen LogP contribution in [0.4, 0.5) is 0 Å². The maximum absolute atomic E-state index is 12.4. The van der Waals surface area contributed by atoms with E-state index in [0.717, 1.165) is 23.8 Å². The highest BCUT2D eigenvalue weighted by atomic mass is 32.2. The number of sulfone groups is 1. The summed E-state index contributed by atoms with van der Waals surface area (Å²) in [6.45, 7) is 1.84. The summed E-state index contributed by atoms with van der Waals surface area (Å²) in [5.74, 6) is 1.72. The Hall–Kier alpha value is -1.09. The highest BCUT2D eigenvalue weighted by Crippen LogP contribution is 2.46. The van der Waals surface area contributed by atoms with E-state index in [1.165, 1.54) is 24.6 Å². The van der Waals surface area contributed by atoms with Gasteiger partial charge in [-0.3, -0.25) is 4.79 Å². The first kappa shape index (κ1) is 16.4. The Morgan fingerprint density at radius 2 is 2.00 bits per heavy atom. The molecule has 1 amide bonds. The molecular weight excluding hydrogens is 348 g/mol. The van der Waals surface area contributed by atoms with Gasteiger partial charge >= 0.3 is 0 Å². The summed E-state index contributed by atoms with van der Waals surface area (Å²) in [5.41, 5.74) is 0. The lowest BCUT2D eigenvalue weighted by atomic mass is 10.2. The summed E-state index contributed by atoms with van der Waals surface area (Å²) in [6, 6.07) is 0.238. The van der Waals surface area contributed by atoms with E-state index in [1.54, 1.807) is 0 Å². The van der Waals surface area contributed by atoms with Gasteiger partial charge in [-0.05, 0) is 39.0 Å². The molecule has 2 atom stereocenters. The second kappa shape index (κ2) is 6.01. The van der Waals surface area contributed by atoms with Gasteiger partial charge in [-0.2, -0.15) is 0 Å². The minimum absolute atomic E-state index is 0.0558. The van der Waals surface area contributed by atoms with Crippen molar-refractivity contribution in [2.45, 2.75) is 67.4 Å². The second-order valence-electron chi connectivity index (χ2n) is 7.08. The first-order valence-corrected chi connectivity index (χ1v) is 11.3. The topological polar surface area (TPSA) is 93.9 Å². The van der Waals surface area contributed by atoms with Gasteiger partial charge in [0.05, 0.1) is 16.8 Å². The molecule has 4 rings (SSSR count). The van der Waals surface area contributed by atoms with Crippen LogP contribution in [0.5, 0.6) is 0 Å². The van der Waals surface area contributed by atoms with E-state index in [0.29, 0.717) is 18.4 Å². The fourth-order valence-electron chi connectivity index (χ4n) is 3.10. The maximum atomic E-state index is 12.4. The Morgan fingerprint density at radius 3 is 2.58 bits per heavy atom. The van der Waals surface area contributed by atoms with Crippen LogP contribution < -0.4 is 5.32 Å². The molecule has 1 aromatic rings. The van der Waals surface area contributed by atoms with Gasteiger partial charge in [0.2, 0.25) is 5.91 Å². The van der Waals surface area contributed by atoms with Gasteiger partial charge in [0.1, 0.15) is 5.82 Å². The van der Waals surface area contributed by atoms with Crippen molar-refractivity contribution in [3.05, 3.63) is 5.82 Å². The number of aromatic nitrogens is 3. The molecular formula is C15H22N4O3S2. The van der Waals surface area contributed by atoms with Crippen LogP contribution >= 0.6 is 11.8 Å². The van der Waals surface area contributed by atoms with Crippen LogP contribution in [-0.2, 0) is 14.6 Å². The molecule has 0 aromatic carbocycles. The minimum Gasteiger partial charge on any atom is -0.351 e. The molecule has 9 heteroatoms. The van der Waals surface area contributed by atoms with Gasteiger partial charge in [-0.1, -0.05) is 11.8 Å². The van der Waals surface area contributed by atoms with Crippen LogP contribution in [0.25, 0.3) is 0 Å². The summed E-state index contributed by atoms with van der Waals surface area (Å²) in [7, 11) is -2.98. The fourth-order valence-corrected chi connectivity index (χ4v) is 5.71. The molecule has 24 heavy (non-hydrogen) atoms. The molecule has 2 saturated carbocycles. The van der Waals surface area contributed by atoms with Crippen LogP contribution in [0.15, 0.2) is 5.16 Å². The molecule has 7 nitrogen and oxygen atoms in total. The van der Waals surface area contributed by atoms with E-state index in [1.807, 2.05) is 6.92 Å². The van der Waals surface area contributed by atoms with E-state index in [4.69, 9.17) is 0 Å². The molecule has 0 spiro atoms. The van der Waals surface area contributed by atoms with Crippen LogP contribution in [-0.4, -0.2) is 51.9 Å². The first-order valence-electron chi connectivity index (χ1n) is 8.55. The number of rotatable bonds is 6. The Balaban J connectivity index is 1.40. The summed E-state index contributed by atoms with van der Waals surface area (Å²) in [5, 5.41) is 12.0. The molecule has 3 fully saturated rings. The van der Waals surface area contributed by atoms with Crippen molar-refractivity contribution >= 4 is 27.5 Å². The Bertz CT molecular complexity index is 753. The van der Waals surface area contributed by atoms with Gasteiger partial charge in [0, 0.05) is 18.0 Å². The number of hydrogen-bond acceptors (Lipinski definition) is 6. The molecule has 3 aliphatic rings. The van der Waals surface area contributed by atoms with Crippen molar-refractivity contribution < 1.29 is 13.2 Å². The largest absolute Gasteiger partial charge is 0.351 e. The number of thioether (sulfide) groups is 1. The average Bonchev–Trinajstić information content (AvgIpc) is 3.44. The standard InChI is InChI=1S/C15H22N4O3S2/c1-9(14(20)16-11-6-7-24(21,22)8-11)23-15-18-17-13(10-2-3-10)19(15)12-4-5-12/h9-12H,2-8H2,1H3,(H,16,20)/t9-,11-/m1/s1. The van der Waals surface area contributed by atoms with E-state index < -0.39 is 9.84 Å². The smallest absolute Gasteiger partial charge is 0.233 e. The average molecular weight is 371 g/mol. The molecule has 0 radical (unpaired) electrons. The van der Waals surface area contributed by atoms with Gasteiger partial charge < -0.3 is 9.88 Å². The lowest BCUT2D eigenvalue weighted by Crippen LogP contribution is -2.40. The predicted octanol–water partition coefficient (Wildman–Crippen LogP) is 1.27. The predicted molar refractivity (Wildman–Crippen MR) is 90.8 cm³/mol. The van der Waals surface area contributed by atoms with E-state index in [2.05, 4.69) is 20.1 Å². The zero-order valence-corrected chi connectivity index (χ0v) is 15.3. The number of nitrogens with one attached hydrogen (secondary N) is 1. The summed E-state index contributed by atoms with van der Waals surface area (Å²) >= 11 is 1.42. The molecule has 0 unspecified atom stereocenters. The number of carbonyl (C=O) groups is 1. The van der Waals surface area contributed by atoms with Crippen LogP contribution in [0.1, 0.15) is 56.8 Å². The van der Waals surface area contributed by atoms with Crippen molar-refractivity contribution in [2.75, 3.05) is 11.5 Å². The quantitative estimate of drug-likeness (QED) is 0.758. The lowest BCUT2D eigenvalue weighted by molar-refractivity contribution is -0.120. The molecule has 1 saturated heterocycles. The highest BCUT2D eigenvalue weighted by molar-refractivity contribution is 8.00. The molecule has 2 heterocycles. The van der Waals surface area contributed by atoms with Crippen molar-refractivity contribution in [1.29, 1.82) is 0 Å². The van der Waals surface area contributed by atoms with Crippen LogP contribution in [0, 0.1) is 0 Å². The van der Waals surface area contributed by atoms with Crippen LogP contribution in [0.3, 0.4) is 0 Å². The number of carbonyl (C=O) groups excluding carboxylic acids is 1. The zero-order valence-electron chi connectivity index (χ0n) is 13.6. The van der Waals surface area contributed by atoms with E-state index in [9.17, 15) is 13.2 Å². The fraction of sp³-hybridized carbons (Fsp3) is 0.800. The van der Waals surface area contributed by atoms with Crippen molar-refractivity contribution in [2.24, 2.45) is 0 Å². The summed E-state index contributed by atoms with van der Waals surface area (Å²) < 4.78 is 25.2. The third kappa shape index (κ3) is 3.46. The third-order valence-corrected chi connectivity index (χ3v) is 7.60. The van der Waals surface area contributed by atoms with Crippen LogP contribution in [0.2, 0.25) is 0 Å². The Labute approximate surface area is 145 Å². The SMILES string of the molecule is C[C@@H](Sc1nnc(C2CC2)n1C1CC1)C(=O)N[C@@H]1CCS(=O)(=O)C1. The molecule has 2 aliphatic carbocycles. The summed E-state index contributed by atoms with van der Waals surface area (Å²) in [4.78, 5) is 12.4. The van der Waals surface area contributed by atoms with Gasteiger partial charge in [-0.15, -0.1) is 10.2 Å². The first-order chi connectivity index (χ1) is 11.4. The monoisotopic (exact) mass is 370 g/mol. The number of hydrogen-bond donors (Lipinski definition) is 1. The minimum atomic E-state index is -2.98.